The number of nitrogens with zero attached hydrogens (tertiary/aromatic N) is 1. The Balaban J connectivity index is 1.70. The molecule has 0 aliphatic heterocycles. The molecule has 0 fully saturated rings. The van der Waals surface area contributed by atoms with E-state index in [1.807, 2.05) is 17.5 Å². The van der Waals surface area contributed by atoms with Crippen LogP contribution in [0.5, 0.6) is 0 Å². The van der Waals surface area contributed by atoms with Crippen molar-refractivity contribution in [1.29, 1.82) is 0 Å². The van der Waals surface area contributed by atoms with Gasteiger partial charge in [-0.1, -0.05) is 6.07 Å². The average molecular weight is 261 g/mol. The van der Waals surface area contributed by atoms with Crippen molar-refractivity contribution in [3.05, 3.63) is 39.3 Å². The minimum absolute atomic E-state index is 0.0669. The molecule has 94 valence electrons. The number of fused-ring (bicyclic) bond motifs is 1. The average Bonchev–Trinajstić information content (AvgIpc) is 3.05. The highest BCUT2D eigenvalue weighted by atomic mass is 32.1. The first-order valence-corrected chi connectivity index (χ1v) is 7.09. The highest BCUT2D eigenvalue weighted by molar-refractivity contribution is 7.09. The van der Waals surface area contributed by atoms with Crippen LogP contribution in [0, 0.1) is 0 Å². The van der Waals surface area contributed by atoms with E-state index in [4.69, 9.17) is 0 Å². The molecule has 0 saturated carbocycles. The predicted octanol–water partition coefficient (Wildman–Crippen LogP) is 2.28. The number of aromatic amines is 1. The number of thiophene rings is 1. The fraction of sp³-hybridized carbons (Fsp3) is 0.385. The zero-order valence-electron chi connectivity index (χ0n) is 10.0. The van der Waals surface area contributed by atoms with Crippen molar-refractivity contribution < 1.29 is 4.79 Å². The van der Waals surface area contributed by atoms with Gasteiger partial charge >= 0.3 is 0 Å². The Morgan fingerprint density at radius 2 is 2.33 bits per heavy atom. The molecule has 5 heteroatoms. The molecular formula is C13H15N3OS. The van der Waals surface area contributed by atoms with E-state index in [-0.39, 0.29) is 5.91 Å². The predicted molar refractivity (Wildman–Crippen MR) is 70.7 cm³/mol. The maximum atomic E-state index is 12.1. The van der Waals surface area contributed by atoms with Crippen molar-refractivity contribution >= 4 is 17.2 Å². The molecule has 0 aromatic carbocycles. The van der Waals surface area contributed by atoms with E-state index in [1.165, 1.54) is 6.42 Å². The molecule has 0 bridgehead atoms. The molecule has 2 N–H and O–H groups in total. The minimum Gasteiger partial charge on any atom is -0.346 e. The maximum absolute atomic E-state index is 12.1. The van der Waals surface area contributed by atoms with Crippen LogP contribution in [-0.4, -0.2) is 16.1 Å². The number of hydrogen-bond donors (Lipinski definition) is 2. The molecule has 0 saturated heterocycles. The molecule has 0 spiro atoms. The van der Waals surface area contributed by atoms with Crippen LogP contribution in [0.3, 0.4) is 0 Å². The first-order valence-electron chi connectivity index (χ1n) is 6.21. The molecule has 1 aliphatic carbocycles. The third kappa shape index (κ3) is 2.18. The van der Waals surface area contributed by atoms with Gasteiger partial charge in [-0.3, -0.25) is 9.89 Å². The smallest absolute Gasteiger partial charge is 0.272 e. The summed E-state index contributed by atoms with van der Waals surface area (Å²) in [7, 11) is 0. The summed E-state index contributed by atoms with van der Waals surface area (Å²) in [4.78, 5) is 13.2. The van der Waals surface area contributed by atoms with Gasteiger partial charge in [0.25, 0.3) is 5.91 Å². The third-order valence-corrected chi connectivity index (χ3v) is 4.15. The van der Waals surface area contributed by atoms with Gasteiger partial charge in [-0.05, 0) is 37.1 Å². The van der Waals surface area contributed by atoms with Crippen LogP contribution in [0.25, 0.3) is 0 Å². The summed E-state index contributed by atoms with van der Waals surface area (Å²) in [5.41, 5.74) is 2.84. The number of rotatable bonds is 3. The van der Waals surface area contributed by atoms with Crippen LogP contribution in [0.1, 0.15) is 39.5 Å². The summed E-state index contributed by atoms with van der Waals surface area (Å²) >= 11 is 1.65. The summed E-state index contributed by atoms with van der Waals surface area (Å²) in [5, 5.41) is 12.1. The van der Waals surface area contributed by atoms with Crippen molar-refractivity contribution in [2.45, 2.75) is 32.2 Å². The van der Waals surface area contributed by atoms with Gasteiger partial charge in [0.05, 0.1) is 6.54 Å². The Kier molecular flexibility index (Phi) is 3.15. The summed E-state index contributed by atoms with van der Waals surface area (Å²) in [6, 6.07) is 4.01. The van der Waals surface area contributed by atoms with Crippen LogP contribution in [-0.2, 0) is 19.4 Å². The molecule has 18 heavy (non-hydrogen) atoms. The normalized spacial score (nSPS) is 14.2. The summed E-state index contributed by atoms with van der Waals surface area (Å²) in [6.07, 6.45) is 4.32. The van der Waals surface area contributed by atoms with Crippen molar-refractivity contribution in [2.75, 3.05) is 0 Å². The van der Waals surface area contributed by atoms with Gasteiger partial charge in [0.1, 0.15) is 0 Å². The zero-order valence-corrected chi connectivity index (χ0v) is 10.8. The van der Waals surface area contributed by atoms with E-state index >= 15 is 0 Å². The van der Waals surface area contributed by atoms with E-state index in [9.17, 15) is 4.79 Å². The fourth-order valence-corrected chi connectivity index (χ4v) is 2.98. The lowest BCUT2D eigenvalue weighted by Gasteiger charge is -2.10. The Morgan fingerprint density at radius 3 is 3.17 bits per heavy atom. The van der Waals surface area contributed by atoms with Gasteiger partial charge in [0.2, 0.25) is 0 Å². The van der Waals surface area contributed by atoms with Crippen LogP contribution < -0.4 is 5.32 Å². The number of aryl methyl sites for hydroxylation is 1. The van der Waals surface area contributed by atoms with Crippen LogP contribution in [0.4, 0.5) is 0 Å². The van der Waals surface area contributed by atoms with E-state index in [1.54, 1.807) is 11.3 Å². The minimum atomic E-state index is -0.0669. The van der Waals surface area contributed by atoms with Crippen molar-refractivity contribution in [3.8, 4) is 0 Å². The van der Waals surface area contributed by atoms with Crippen LogP contribution in [0.2, 0.25) is 0 Å². The van der Waals surface area contributed by atoms with Crippen LogP contribution in [0.15, 0.2) is 17.5 Å². The number of hydrogen-bond acceptors (Lipinski definition) is 3. The summed E-state index contributed by atoms with van der Waals surface area (Å²) < 4.78 is 0. The molecule has 2 aromatic rings. The lowest BCUT2D eigenvalue weighted by atomic mass is 9.96. The summed E-state index contributed by atoms with van der Waals surface area (Å²) in [6.45, 7) is 0.581. The number of nitrogens with one attached hydrogen (secondary N) is 2. The van der Waals surface area contributed by atoms with Gasteiger partial charge in [-0.2, -0.15) is 5.10 Å². The van der Waals surface area contributed by atoms with E-state index in [0.29, 0.717) is 12.2 Å². The molecule has 4 nitrogen and oxygen atoms in total. The SMILES string of the molecule is O=C(NCc1cccs1)c1n[nH]c2c1CCCC2. The number of amides is 1. The Labute approximate surface area is 109 Å². The van der Waals surface area contributed by atoms with Gasteiger partial charge in [0.15, 0.2) is 5.69 Å². The van der Waals surface area contributed by atoms with E-state index in [2.05, 4.69) is 15.5 Å². The van der Waals surface area contributed by atoms with Gasteiger partial charge in [-0.15, -0.1) is 11.3 Å². The molecule has 2 aromatic heterocycles. The van der Waals surface area contributed by atoms with Gasteiger partial charge in [-0.25, -0.2) is 0 Å². The highest BCUT2D eigenvalue weighted by Crippen LogP contribution is 2.22. The molecule has 3 rings (SSSR count). The van der Waals surface area contributed by atoms with E-state index < -0.39 is 0 Å². The molecule has 1 amide bonds. The van der Waals surface area contributed by atoms with Crippen molar-refractivity contribution in [1.82, 2.24) is 15.5 Å². The lowest BCUT2D eigenvalue weighted by Crippen LogP contribution is -2.24. The Bertz CT molecular complexity index is 545. The molecule has 0 atom stereocenters. The van der Waals surface area contributed by atoms with Crippen molar-refractivity contribution in [2.24, 2.45) is 0 Å². The number of aromatic nitrogens is 2. The fourth-order valence-electron chi connectivity index (χ4n) is 2.33. The Morgan fingerprint density at radius 1 is 1.44 bits per heavy atom. The second-order valence-electron chi connectivity index (χ2n) is 4.50. The van der Waals surface area contributed by atoms with Gasteiger partial charge in [0, 0.05) is 16.1 Å². The van der Waals surface area contributed by atoms with E-state index in [0.717, 1.165) is 35.4 Å². The van der Waals surface area contributed by atoms with Crippen molar-refractivity contribution in [3.63, 3.8) is 0 Å². The second-order valence-corrected chi connectivity index (χ2v) is 5.53. The quantitative estimate of drug-likeness (QED) is 0.890. The molecule has 0 unspecified atom stereocenters. The number of carbonyl (C=O) groups excluding carboxylic acids is 1. The summed E-state index contributed by atoms with van der Waals surface area (Å²) in [5.74, 6) is -0.0669. The zero-order chi connectivity index (χ0) is 12.4. The monoisotopic (exact) mass is 261 g/mol. The second kappa shape index (κ2) is 4.94. The molecule has 2 heterocycles. The molecule has 1 aliphatic rings. The van der Waals surface area contributed by atoms with Gasteiger partial charge < -0.3 is 5.32 Å². The Hall–Kier alpha value is -1.62. The molecular weight excluding hydrogens is 246 g/mol. The standard InChI is InChI=1S/C13H15N3OS/c17-13(14-8-9-4-3-7-18-9)12-10-5-1-2-6-11(10)15-16-12/h3-4,7H,1-2,5-6,8H2,(H,14,17)(H,15,16). The first-order chi connectivity index (χ1) is 8.84. The molecule has 0 radical (unpaired) electrons. The largest absolute Gasteiger partial charge is 0.346 e. The maximum Gasteiger partial charge on any atom is 0.272 e. The highest BCUT2D eigenvalue weighted by Gasteiger charge is 2.21. The number of carbonyl (C=O) groups is 1. The first kappa shape index (κ1) is 11.5. The topological polar surface area (TPSA) is 57.8 Å². The van der Waals surface area contributed by atoms with Crippen LogP contribution >= 0.6 is 11.3 Å². The third-order valence-electron chi connectivity index (χ3n) is 3.27. The lowest BCUT2D eigenvalue weighted by molar-refractivity contribution is 0.0945. The number of H-pyrrole nitrogens is 1.